The van der Waals surface area contributed by atoms with E-state index in [0.717, 1.165) is 5.56 Å². The fraction of sp³-hybridized carbons (Fsp3) is 0.417. The van der Waals surface area contributed by atoms with Crippen LogP contribution in [-0.2, 0) is 14.8 Å². The lowest BCUT2D eigenvalue weighted by molar-refractivity contribution is -0.141. The van der Waals surface area contributed by atoms with Gasteiger partial charge in [-0.15, -0.1) is 0 Å². The van der Waals surface area contributed by atoms with Crippen molar-refractivity contribution in [1.29, 1.82) is 0 Å². The second-order valence-corrected chi connectivity index (χ2v) is 6.44. The molecule has 0 saturated carbocycles. The van der Waals surface area contributed by atoms with E-state index < -0.39 is 21.9 Å². The molecule has 0 aliphatic carbocycles. The number of hydrogen-bond acceptors (Lipinski definition) is 3. The lowest BCUT2D eigenvalue weighted by Crippen LogP contribution is -2.30. The van der Waals surface area contributed by atoms with Gasteiger partial charge in [0, 0.05) is 13.1 Å². The molecule has 18 heavy (non-hydrogen) atoms. The zero-order valence-electron chi connectivity index (χ0n) is 10.0. The highest BCUT2D eigenvalue weighted by Gasteiger charge is 2.35. The molecular formula is C12H15NO4S. The van der Waals surface area contributed by atoms with Crippen molar-refractivity contribution in [2.75, 3.05) is 13.1 Å². The summed E-state index contributed by atoms with van der Waals surface area (Å²) in [4.78, 5) is 11.1. The third-order valence-electron chi connectivity index (χ3n) is 3.16. The summed E-state index contributed by atoms with van der Waals surface area (Å²) in [5.41, 5.74) is 0.985. The molecule has 1 saturated heterocycles. The standard InChI is InChI=1S/C12H15NO4S/c1-9-2-4-11(5-3-9)18(16,17)13-7-6-10(8-13)12(14)15/h2-5,10H,6-8H2,1H3,(H,14,15)/t10-/m1/s1. The average molecular weight is 269 g/mol. The summed E-state index contributed by atoms with van der Waals surface area (Å²) in [5, 5.41) is 8.88. The first-order valence-electron chi connectivity index (χ1n) is 5.71. The Morgan fingerprint density at radius 3 is 2.44 bits per heavy atom. The molecule has 2 rings (SSSR count). The number of aliphatic carboxylic acids is 1. The Morgan fingerprint density at radius 1 is 1.33 bits per heavy atom. The van der Waals surface area contributed by atoms with Crippen LogP contribution in [0.2, 0.25) is 0 Å². The molecule has 0 bridgehead atoms. The number of aryl methyl sites for hydroxylation is 1. The number of benzene rings is 1. The second-order valence-electron chi connectivity index (χ2n) is 4.50. The molecule has 0 amide bonds. The van der Waals surface area contributed by atoms with Crippen LogP contribution in [-0.4, -0.2) is 36.9 Å². The molecule has 1 aliphatic heterocycles. The topological polar surface area (TPSA) is 74.7 Å². The van der Waals surface area contributed by atoms with E-state index in [1.807, 2.05) is 6.92 Å². The molecule has 1 aromatic carbocycles. The van der Waals surface area contributed by atoms with Crippen LogP contribution in [0.4, 0.5) is 0 Å². The Hall–Kier alpha value is -1.40. The third kappa shape index (κ3) is 2.39. The van der Waals surface area contributed by atoms with E-state index in [1.54, 1.807) is 24.3 Å². The molecule has 1 aliphatic rings. The van der Waals surface area contributed by atoms with Crippen molar-refractivity contribution >= 4 is 16.0 Å². The SMILES string of the molecule is Cc1ccc(S(=O)(=O)N2CC[C@@H](C(=O)O)C2)cc1. The summed E-state index contributed by atoms with van der Waals surface area (Å²) >= 11 is 0. The predicted molar refractivity (Wildman–Crippen MR) is 65.7 cm³/mol. The minimum absolute atomic E-state index is 0.0611. The van der Waals surface area contributed by atoms with E-state index in [1.165, 1.54) is 4.31 Å². The number of carbonyl (C=O) groups is 1. The number of hydrogen-bond donors (Lipinski definition) is 1. The largest absolute Gasteiger partial charge is 0.481 e. The first kappa shape index (κ1) is 13.0. The van der Waals surface area contributed by atoms with Gasteiger partial charge in [0.25, 0.3) is 0 Å². The molecular weight excluding hydrogens is 254 g/mol. The maximum atomic E-state index is 12.2. The number of sulfonamides is 1. The lowest BCUT2D eigenvalue weighted by Gasteiger charge is -2.15. The quantitative estimate of drug-likeness (QED) is 0.891. The highest BCUT2D eigenvalue weighted by molar-refractivity contribution is 7.89. The highest BCUT2D eigenvalue weighted by atomic mass is 32.2. The molecule has 1 aromatic rings. The highest BCUT2D eigenvalue weighted by Crippen LogP contribution is 2.24. The van der Waals surface area contributed by atoms with Crippen LogP contribution in [0.1, 0.15) is 12.0 Å². The van der Waals surface area contributed by atoms with Crippen LogP contribution < -0.4 is 0 Å². The fourth-order valence-corrected chi connectivity index (χ4v) is 3.51. The van der Waals surface area contributed by atoms with Gasteiger partial charge in [-0.05, 0) is 25.5 Å². The predicted octanol–water partition coefficient (Wildman–Crippen LogP) is 1.09. The van der Waals surface area contributed by atoms with E-state index in [4.69, 9.17) is 5.11 Å². The Kier molecular flexibility index (Phi) is 3.41. The van der Waals surface area contributed by atoms with Crippen molar-refractivity contribution in [2.24, 2.45) is 5.92 Å². The molecule has 5 nitrogen and oxygen atoms in total. The Bertz CT molecular complexity index is 550. The second kappa shape index (κ2) is 4.70. The van der Waals surface area contributed by atoms with E-state index in [-0.39, 0.29) is 18.0 Å². The van der Waals surface area contributed by atoms with Crippen molar-refractivity contribution in [1.82, 2.24) is 4.31 Å². The maximum absolute atomic E-state index is 12.2. The first-order valence-corrected chi connectivity index (χ1v) is 7.15. The molecule has 0 aromatic heterocycles. The van der Waals surface area contributed by atoms with Crippen LogP contribution in [0.5, 0.6) is 0 Å². The van der Waals surface area contributed by atoms with Gasteiger partial charge in [0.1, 0.15) is 0 Å². The van der Waals surface area contributed by atoms with E-state index in [0.29, 0.717) is 6.42 Å². The van der Waals surface area contributed by atoms with Gasteiger partial charge in [-0.25, -0.2) is 8.42 Å². The number of carboxylic acids is 1. The van der Waals surface area contributed by atoms with E-state index >= 15 is 0 Å². The third-order valence-corrected chi connectivity index (χ3v) is 5.04. The smallest absolute Gasteiger partial charge is 0.307 e. The van der Waals surface area contributed by atoms with Gasteiger partial charge in [0.2, 0.25) is 10.0 Å². The zero-order valence-corrected chi connectivity index (χ0v) is 10.9. The van der Waals surface area contributed by atoms with Crippen LogP contribution >= 0.6 is 0 Å². The monoisotopic (exact) mass is 269 g/mol. The van der Waals surface area contributed by atoms with Crippen molar-refractivity contribution in [3.63, 3.8) is 0 Å². The average Bonchev–Trinajstić information content (AvgIpc) is 2.79. The minimum Gasteiger partial charge on any atom is -0.481 e. The molecule has 1 atom stereocenters. The Labute approximate surface area is 106 Å². The molecule has 1 heterocycles. The summed E-state index contributed by atoms with van der Waals surface area (Å²) in [5.74, 6) is -1.53. The van der Waals surface area contributed by atoms with Gasteiger partial charge in [-0.2, -0.15) is 4.31 Å². The Balaban J connectivity index is 2.22. The van der Waals surface area contributed by atoms with Crippen molar-refractivity contribution in [3.05, 3.63) is 29.8 Å². The van der Waals surface area contributed by atoms with Gasteiger partial charge in [-0.3, -0.25) is 4.79 Å². The first-order chi connectivity index (χ1) is 8.41. The molecule has 1 N–H and O–H groups in total. The van der Waals surface area contributed by atoms with Gasteiger partial charge in [-0.1, -0.05) is 17.7 Å². The maximum Gasteiger partial charge on any atom is 0.307 e. The van der Waals surface area contributed by atoms with Gasteiger partial charge < -0.3 is 5.11 Å². The normalized spacial score (nSPS) is 21.1. The van der Waals surface area contributed by atoms with Crippen LogP contribution in [0.15, 0.2) is 29.2 Å². The van der Waals surface area contributed by atoms with Crippen LogP contribution in [0.25, 0.3) is 0 Å². The molecule has 0 radical (unpaired) electrons. The molecule has 0 spiro atoms. The van der Waals surface area contributed by atoms with Gasteiger partial charge >= 0.3 is 5.97 Å². The fourth-order valence-electron chi connectivity index (χ4n) is 2.01. The number of carboxylic acid groups (broad SMARTS) is 1. The van der Waals surface area contributed by atoms with E-state index in [9.17, 15) is 13.2 Å². The zero-order chi connectivity index (χ0) is 13.3. The van der Waals surface area contributed by atoms with Crippen molar-refractivity contribution in [3.8, 4) is 0 Å². The van der Waals surface area contributed by atoms with Gasteiger partial charge in [0.15, 0.2) is 0 Å². The number of nitrogens with zero attached hydrogens (tertiary/aromatic N) is 1. The summed E-state index contributed by atoms with van der Waals surface area (Å²) in [7, 11) is -3.55. The molecule has 1 fully saturated rings. The van der Waals surface area contributed by atoms with Crippen LogP contribution in [0.3, 0.4) is 0 Å². The Morgan fingerprint density at radius 2 is 1.94 bits per heavy atom. The van der Waals surface area contributed by atoms with Crippen molar-refractivity contribution < 1.29 is 18.3 Å². The minimum atomic E-state index is -3.55. The van der Waals surface area contributed by atoms with E-state index in [2.05, 4.69) is 0 Å². The molecule has 6 heteroatoms. The van der Waals surface area contributed by atoms with Gasteiger partial charge in [0.05, 0.1) is 10.8 Å². The lowest BCUT2D eigenvalue weighted by atomic mass is 10.1. The van der Waals surface area contributed by atoms with Crippen molar-refractivity contribution in [2.45, 2.75) is 18.2 Å². The molecule has 0 unspecified atom stereocenters. The van der Waals surface area contributed by atoms with Crippen LogP contribution in [0, 0.1) is 12.8 Å². The summed E-state index contributed by atoms with van der Waals surface area (Å²) < 4.78 is 25.7. The molecule has 98 valence electrons. The number of rotatable bonds is 3. The summed E-state index contributed by atoms with van der Waals surface area (Å²) in [6.07, 6.45) is 0.375. The summed E-state index contributed by atoms with van der Waals surface area (Å²) in [6.45, 7) is 2.21. The summed E-state index contributed by atoms with van der Waals surface area (Å²) in [6, 6.07) is 6.58.